The van der Waals surface area contributed by atoms with Crippen LogP contribution in [0, 0.1) is 0 Å². The van der Waals surface area contributed by atoms with E-state index in [4.69, 9.17) is 16.2 Å². The van der Waals surface area contributed by atoms with Crippen molar-refractivity contribution in [2.24, 2.45) is 5.73 Å². The number of anilines is 2. The summed E-state index contributed by atoms with van der Waals surface area (Å²) in [7, 11) is 0. The van der Waals surface area contributed by atoms with Crippen LogP contribution in [0.15, 0.2) is 18.2 Å². The molecule has 1 aromatic carbocycles. The van der Waals surface area contributed by atoms with E-state index in [0.717, 1.165) is 31.7 Å². The summed E-state index contributed by atoms with van der Waals surface area (Å²) in [6.07, 6.45) is 1.87. The van der Waals surface area contributed by atoms with Crippen LogP contribution in [-0.4, -0.2) is 24.7 Å². The Kier molecular flexibility index (Phi) is 3.43. The highest BCUT2D eigenvalue weighted by Crippen LogP contribution is 2.27. The average Bonchev–Trinajstić information content (AvgIpc) is 2.32. The highest BCUT2D eigenvalue weighted by Gasteiger charge is 2.27. The second kappa shape index (κ2) is 4.86. The van der Waals surface area contributed by atoms with Crippen molar-refractivity contribution in [1.82, 2.24) is 0 Å². The number of carbonyl (C=O) groups excluding carboxylic acids is 1. The quantitative estimate of drug-likeness (QED) is 0.705. The number of nitrogens with one attached hydrogen (secondary N) is 1. The Morgan fingerprint density at radius 3 is 2.67 bits per heavy atom. The van der Waals surface area contributed by atoms with Crippen LogP contribution in [-0.2, 0) is 4.74 Å². The van der Waals surface area contributed by atoms with E-state index in [1.807, 2.05) is 6.07 Å². The maximum absolute atomic E-state index is 11.2. The van der Waals surface area contributed by atoms with Gasteiger partial charge in [0.1, 0.15) is 0 Å². The van der Waals surface area contributed by atoms with Crippen LogP contribution in [0.5, 0.6) is 0 Å². The van der Waals surface area contributed by atoms with E-state index < -0.39 is 5.91 Å². The lowest BCUT2D eigenvalue weighted by molar-refractivity contribution is 0.0658. The first kappa shape index (κ1) is 12.7. The van der Waals surface area contributed by atoms with Gasteiger partial charge in [0, 0.05) is 30.1 Å². The van der Waals surface area contributed by atoms with Crippen molar-refractivity contribution >= 4 is 17.3 Å². The van der Waals surface area contributed by atoms with Gasteiger partial charge in [-0.1, -0.05) is 0 Å². The normalized spacial score (nSPS) is 18.3. The number of hydrogen-bond acceptors (Lipinski definition) is 4. The molecule has 1 aliphatic heterocycles. The van der Waals surface area contributed by atoms with Crippen molar-refractivity contribution in [3.05, 3.63) is 23.8 Å². The molecule has 1 fully saturated rings. The molecule has 5 N–H and O–H groups in total. The lowest BCUT2D eigenvalue weighted by Crippen LogP contribution is -2.40. The minimum Gasteiger partial charge on any atom is -0.398 e. The first-order valence-corrected chi connectivity index (χ1v) is 6.05. The van der Waals surface area contributed by atoms with E-state index in [2.05, 4.69) is 12.2 Å². The summed E-state index contributed by atoms with van der Waals surface area (Å²) in [6, 6.07) is 5.27. The molecular weight excluding hydrogens is 230 g/mol. The third-order valence-corrected chi connectivity index (χ3v) is 3.36. The molecule has 5 heteroatoms. The predicted octanol–water partition coefficient (Wildman–Crippen LogP) is 1.35. The van der Waals surface area contributed by atoms with Crippen LogP contribution in [0.2, 0.25) is 0 Å². The number of primary amides is 1. The molecule has 0 aliphatic carbocycles. The number of nitrogens with two attached hydrogens (primary N) is 2. The number of amides is 1. The van der Waals surface area contributed by atoms with Crippen molar-refractivity contribution in [3.63, 3.8) is 0 Å². The molecule has 1 heterocycles. The number of hydrogen-bond donors (Lipinski definition) is 3. The molecular formula is C13H19N3O2. The number of nitrogen functional groups attached to an aromatic ring is 1. The fraction of sp³-hybridized carbons (Fsp3) is 0.462. The van der Waals surface area contributed by atoms with E-state index in [1.165, 1.54) is 0 Å². The van der Waals surface area contributed by atoms with Crippen LogP contribution < -0.4 is 16.8 Å². The summed E-state index contributed by atoms with van der Waals surface area (Å²) in [5.74, 6) is -0.506. The summed E-state index contributed by atoms with van der Waals surface area (Å²) in [5, 5.41) is 3.44. The van der Waals surface area contributed by atoms with Gasteiger partial charge in [-0.05, 0) is 38.0 Å². The van der Waals surface area contributed by atoms with Gasteiger partial charge in [-0.15, -0.1) is 0 Å². The lowest BCUT2D eigenvalue weighted by Gasteiger charge is -2.35. The van der Waals surface area contributed by atoms with E-state index in [-0.39, 0.29) is 5.54 Å². The molecule has 5 nitrogen and oxygen atoms in total. The van der Waals surface area contributed by atoms with Gasteiger partial charge in [0.25, 0.3) is 5.91 Å². The Bertz CT molecular complexity index is 454. The fourth-order valence-electron chi connectivity index (χ4n) is 2.14. The molecule has 2 rings (SSSR count). The summed E-state index contributed by atoms with van der Waals surface area (Å²) in [4.78, 5) is 11.2. The zero-order valence-electron chi connectivity index (χ0n) is 10.5. The minimum atomic E-state index is -0.506. The van der Waals surface area contributed by atoms with Gasteiger partial charge in [-0.2, -0.15) is 0 Å². The molecule has 0 radical (unpaired) electrons. The molecule has 18 heavy (non-hydrogen) atoms. The van der Waals surface area contributed by atoms with Crippen molar-refractivity contribution in [3.8, 4) is 0 Å². The molecule has 1 amide bonds. The topological polar surface area (TPSA) is 90.4 Å². The maximum Gasteiger partial charge on any atom is 0.250 e. The second-order valence-electron chi connectivity index (χ2n) is 4.96. The Hall–Kier alpha value is -1.75. The summed E-state index contributed by atoms with van der Waals surface area (Å²) < 4.78 is 5.35. The molecule has 1 aliphatic rings. The van der Waals surface area contributed by atoms with Crippen molar-refractivity contribution < 1.29 is 9.53 Å². The Balaban J connectivity index is 2.18. The van der Waals surface area contributed by atoms with Gasteiger partial charge in [-0.3, -0.25) is 4.79 Å². The van der Waals surface area contributed by atoms with Gasteiger partial charge < -0.3 is 21.5 Å². The molecule has 0 atom stereocenters. The fourth-order valence-corrected chi connectivity index (χ4v) is 2.14. The second-order valence-corrected chi connectivity index (χ2v) is 4.96. The zero-order chi connectivity index (χ0) is 13.2. The van der Waals surface area contributed by atoms with Crippen molar-refractivity contribution in [2.45, 2.75) is 25.3 Å². The molecule has 0 aromatic heterocycles. The lowest BCUT2D eigenvalue weighted by atomic mass is 9.92. The Labute approximate surface area is 106 Å². The molecule has 0 spiro atoms. The smallest absolute Gasteiger partial charge is 0.250 e. The first-order valence-electron chi connectivity index (χ1n) is 6.05. The number of benzene rings is 1. The van der Waals surface area contributed by atoms with E-state index in [1.54, 1.807) is 12.1 Å². The van der Waals surface area contributed by atoms with Crippen LogP contribution in [0.1, 0.15) is 30.1 Å². The van der Waals surface area contributed by atoms with Crippen LogP contribution in [0.25, 0.3) is 0 Å². The highest BCUT2D eigenvalue weighted by atomic mass is 16.5. The zero-order valence-corrected chi connectivity index (χ0v) is 10.5. The standard InChI is InChI=1S/C13H19N3O2/c1-13(4-6-18-7-5-13)16-9-2-3-11(14)10(8-9)12(15)17/h2-3,8,16H,4-7,14H2,1H3,(H2,15,17). The largest absolute Gasteiger partial charge is 0.398 e. The third kappa shape index (κ3) is 2.73. The monoisotopic (exact) mass is 249 g/mol. The number of ether oxygens (including phenoxy) is 1. The molecule has 1 aromatic rings. The highest BCUT2D eigenvalue weighted by molar-refractivity contribution is 5.98. The van der Waals surface area contributed by atoms with Gasteiger partial charge >= 0.3 is 0 Å². The minimum absolute atomic E-state index is 0.0106. The Morgan fingerprint density at radius 1 is 1.39 bits per heavy atom. The summed E-state index contributed by atoms with van der Waals surface area (Å²) >= 11 is 0. The Morgan fingerprint density at radius 2 is 2.06 bits per heavy atom. The van der Waals surface area contributed by atoms with Gasteiger partial charge in [0.15, 0.2) is 0 Å². The summed E-state index contributed by atoms with van der Waals surface area (Å²) in [5.41, 5.74) is 12.6. The van der Waals surface area contributed by atoms with E-state index in [0.29, 0.717) is 11.3 Å². The number of rotatable bonds is 3. The molecule has 1 saturated heterocycles. The van der Waals surface area contributed by atoms with Crippen molar-refractivity contribution in [1.29, 1.82) is 0 Å². The number of carbonyl (C=O) groups is 1. The third-order valence-electron chi connectivity index (χ3n) is 3.36. The predicted molar refractivity (Wildman–Crippen MR) is 71.5 cm³/mol. The van der Waals surface area contributed by atoms with E-state index >= 15 is 0 Å². The molecule has 0 saturated carbocycles. The van der Waals surface area contributed by atoms with Gasteiger partial charge in [0.05, 0.1) is 5.56 Å². The average molecular weight is 249 g/mol. The first-order chi connectivity index (χ1) is 8.50. The van der Waals surface area contributed by atoms with Crippen LogP contribution in [0.3, 0.4) is 0 Å². The van der Waals surface area contributed by atoms with Gasteiger partial charge in [-0.25, -0.2) is 0 Å². The summed E-state index contributed by atoms with van der Waals surface area (Å²) in [6.45, 7) is 3.65. The van der Waals surface area contributed by atoms with Crippen LogP contribution in [0.4, 0.5) is 11.4 Å². The van der Waals surface area contributed by atoms with Gasteiger partial charge in [0.2, 0.25) is 0 Å². The van der Waals surface area contributed by atoms with Crippen molar-refractivity contribution in [2.75, 3.05) is 24.3 Å². The van der Waals surface area contributed by atoms with E-state index in [9.17, 15) is 4.79 Å². The molecule has 0 unspecified atom stereocenters. The van der Waals surface area contributed by atoms with Crippen LogP contribution >= 0.6 is 0 Å². The maximum atomic E-state index is 11.2. The molecule has 98 valence electrons. The molecule has 0 bridgehead atoms. The SMILES string of the molecule is CC1(Nc2ccc(N)c(C(N)=O)c2)CCOCC1.